The fourth-order valence-corrected chi connectivity index (χ4v) is 3.76. The minimum absolute atomic E-state index is 0.0130. The third-order valence-electron chi connectivity index (χ3n) is 5.98. The van der Waals surface area contributed by atoms with Crippen LogP contribution in [0, 0.1) is 0 Å². The molecule has 240 valence electrons. The lowest BCUT2D eigenvalue weighted by Gasteiger charge is -2.39. The molecule has 14 heteroatoms. The Bertz CT molecular complexity index is 974. The standard InChI is InChI=1S/C29H40O14/c1-4-22(31)37-15-9-6-12-24(33)41-21-19-40-20(3)28(42-25(34)13-8-11-17-39-27(36)18-30)29(21)43-26(35)14-7-10-16-38-23(32)5-2/h4-5,18,20-21,28-29H,1-2,6-17,19H2,3H3/t20?,21-,28+,29+/m1/s1. The molecule has 0 aliphatic carbocycles. The maximum Gasteiger partial charge on any atom is 0.371 e. The summed E-state index contributed by atoms with van der Waals surface area (Å²) < 4.78 is 36.8. The summed E-state index contributed by atoms with van der Waals surface area (Å²) in [6.07, 6.45) is 0.0382. The van der Waals surface area contributed by atoms with Gasteiger partial charge in [-0.05, 0) is 45.4 Å². The lowest BCUT2D eigenvalue weighted by atomic mass is 10.00. The SMILES string of the molecule is C=CC(=O)OCCCCC(=O)O[C@H]1[C@H](OC(=O)CCCCOC(=O)C=C)COC(C)[C@@H]1OC(=O)CCCCOC(=O)C=O. The van der Waals surface area contributed by atoms with E-state index in [9.17, 15) is 33.6 Å². The smallest absolute Gasteiger partial charge is 0.371 e. The second kappa shape index (κ2) is 21.6. The molecule has 1 aliphatic heterocycles. The van der Waals surface area contributed by atoms with Gasteiger partial charge in [-0.2, -0.15) is 0 Å². The zero-order valence-electron chi connectivity index (χ0n) is 24.4. The molecule has 0 saturated carbocycles. The molecule has 0 N–H and O–H groups in total. The van der Waals surface area contributed by atoms with Crippen molar-refractivity contribution in [3.8, 4) is 0 Å². The van der Waals surface area contributed by atoms with Gasteiger partial charge in [0.2, 0.25) is 6.29 Å². The van der Waals surface area contributed by atoms with E-state index in [1.54, 1.807) is 6.92 Å². The Morgan fingerprint density at radius 1 is 0.651 bits per heavy atom. The van der Waals surface area contributed by atoms with Gasteiger partial charge in [0.05, 0.1) is 32.5 Å². The first kappa shape index (κ1) is 37.0. The van der Waals surface area contributed by atoms with E-state index >= 15 is 0 Å². The summed E-state index contributed by atoms with van der Waals surface area (Å²) in [7, 11) is 0. The van der Waals surface area contributed by atoms with E-state index in [1.807, 2.05) is 0 Å². The van der Waals surface area contributed by atoms with Crippen molar-refractivity contribution in [3.05, 3.63) is 25.3 Å². The van der Waals surface area contributed by atoms with Crippen molar-refractivity contribution < 1.29 is 66.7 Å². The number of hydrogen-bond acceptors (Lipinski definition) is 14. The second-order valence-electron chi connectivity index (χ2n) is 9.38. The predicted octanol–water partition coefficient (Wildman–Crippen LogP) is 1.85. The topological polar surface area (TPSA) is 184 Å². The van der Waals surface area contributed by atoms with Gasteiger partial charge in [-0.25, -0.2) is 14.4 Å². The van der Waals surface area contributed by atoms with Crippen LogP contribution in [-0.2, 0) is 66.7 Å². The van der Waals surface area contributed by atoms with E-state index in [-0.39, 0.29) is 58.4 Å². The molecule has 1 aliphatic rings. The van der Waals surface area contributed by atoms with Crippen LogP contribution in [0.5, 0.6) is 0 Å². The molecule has 1 heterocycles. The van der Waals surface area contributed by atoms with Crippen LogP contribution in [0.4, 0.5) is 0 Å². The van der Waals surface area contributed by atoms with E-state index in [4.69, 9.17) is 28.4 Å². The third-order valence-corrected chi connectivity index (χ3v) is 5.98. The molecule has 0 amide bonds. The zero-order chi connectivity index (χ0) is 32.0. The first-order valence-electron chi connectivity index (χ1n) is 14.0. The summed E-state index contributed by atoms with van der Waals surface area (Å²) in [6.45, 7) is 8.25. The molecular formula is C29H40O14. The van der Waals surface area contributed by atoms with Crippen LogP contribution >= 0.6 is 0 Å². The zero-order valence-corrected chi connectivity index (χ0v) is 24.4. The molecule has 0 spiro atoms. The third kappa shape index (κ3) is 16.2. The molecule has 0 aromatic rings. The molecule has 0 aromatic carbocycles. The summed E-state index contributed by atoms with van der Waals surface area (Å²) in [5.41, 5.74) is 0. The first-order chi connectivity index (χ1) is 20.6. The number of aldehydes is 1. The van der Waals surface area contributed by atoms with Crippen LogP contribution in [0.1, 0.15) is 64.7 Å². The highest BCUT2D eigenvalue weighted by molar-refractivity contribution is 6.20. The number of carbonyl (C=O) groups excluding carboxylic acids is 7. The Hall–Kier alpha value is -4.07. The Labute approximate surface area is 249 Å². The van der Waals surface area contributed by atoms with Gasteiger partial charge in [-0.1, -0.05) is 13.2 Å². The van der Waals surface area contributed by atoms with Crippen LogP contribution in [-0.4, -0.2) is 92.9 Å². The van der Waals surface area contributed by atoms with Crippen LogP contribution in [0.25, 0.3) is 0 Å². The lowest BCUT2D eigenvalue weighted by molar-refractivity contribution is -0.225. The minimum Gasteiger partial charge on any atom is -0.463 e. The summed E-state index contributed by atoms with van der Waals surface area (Å²) in [5, 5.41) is 0. The molecule has 1 unspecified atom stereocenters. The van der Waals surface area contributed by atoms with Crippen molar-refractivity contribution in [2.24, 2.45) is 0 Å². The largest absolute Gasteiger partial charge is 0.463 e. The Morgan fingerprint density at radius 2 is 1.07 bits per heavy atom. The molecule has 4 atom stereocenters. The number of esters is 6. The van der Waals surface area contributed by atoms with Gasteiger partial charge < -0.3 is 33.2 Å². The van der Waals surface area contributed by atoms with Crippen LogP contribution in [0.3, 0.4) is 0 Å². The van der Waals surface area contributed by atoms with Crippen LogP contribution in [0.2, 0.25) is 0 Å². The van der Waals surface area contributed by atoms with Crippen molar-refractivity contribution in [1.82, 2.24) is 0 Å². The van der Waals surface area contributed by atoms with Crippen molar-refractivity contribution in [2.75, 3.05) is 26.4 Å². The molecule has 0 aromatic heterocycles. The van der Waals surface area contributed by atoms with Gasteiger partial charge in [0.15, 0.2) is 18.3 Å². The summed E-state index contributed by atoms with van der Waals surface area (Å²) in [5.74, 6) is -4.05. The van der Waals surface area contributed by atoms with Crippen molar-refractivity contribution in [1.29, 1.82) is 0 Å². The van der Waals surface area contributed by atoms with E-state index < -0.39 is 60.2 Å². The summed E-state index contributed by atoms with van der Waals surface area (Å²) in [6, 6.07) is 0. The van der Waals surface area contributed by atoms with Gasteiger partial charge >= 0.3 is 35.8 Å². The highest BCUT2D eigenvalue weighted by atomic mass is 16.6. The highest BCUT2D eigenvalue weighted by Crippen LogP contribution is 2.25. The number of unbranched alkanes of at least 4 members (excludes halogenated alkanes) is 3. The monoisotopic (exact) mass is 612 g/mol. The average molecular weight is 613 g/mol. The van der Waals surface area contributed by atoms with Gasteiger partial charge in [0, 0.05) is 31.4 Å². The maximum atomic E-state index is 12.7. The van der Waals surface area contributed by atoms with E-state index in [2.05, 4.69) is 17.9 Å². The average Bonchev–Trinajstić information content (AvgIpc) is 2.99. The summed E-state index contributed by atoms with van der Waals surface area (Å²) >= 11 is 0. The maximum absolute atomic E-state index is 12.7. The first-order valence-corrected chi connectivity index (χ1v) is 14.0. The number of ether oxygens (including phenoxy) is 7. The number of rotatable bonds is 21. The fourth-order valence-electron chi connectivity index (χ4n) is 3.76. The van der Waals surface area contributed by atoms with Gasteiger partial charge in [-0.3, -0.25) is 19.2 Å². The predicted molar refractivity (Wildman–Crippen MR) is 146 cm³/mol. The molecule has 43 heavy (non-hydrogen) atoms. The lowest BCUT2D eigenvalue weighted by Crippen LogP contribution is -2.56. The Balaban J connectivity index is 2.77. The Morgan fingerprint density at radius 3 is 1.51 bits per heavy atom. The molecule has 1 fully saturated rings. The quantitative estimate of drug-likeness (QED) is 0.0457. The van der Waals surface area contributed by atoms with Crippen LogP contribution < -0.4 is 0 Å². The van der Waals surface area contributed by atoms with Crippen LogP contribution in [0.15, 0.2) is 25.3 Å². The highest BCUT2D eigenvalue weighted by Gasteiger charge is 2.45. The molecule has 14 nitrogen and oxygen atoms in total. The molecule has 0 radical (unpaired) electrons. The van der Waals surface area contributed by atoms with Crippen molar-refractivity contribution in [2.45, 2.75) is 89.1 Å². The van der Waals surface area contributed by atoms with Gasteiger partial charge in [0.25, 0.3) is 0 Å². The van der Waals surface area contributed by atoms with Crippen molar-refractivity contribution >= 4 is 42.1 Å². The molecule has 1 rings (SSSR count). The number of hydrogen-bond donors (Lipinski definition) is 0. The summed E-state index contributed by atoms with van der Waals surface area (Å²) in [4.78, 5) is 81.3. The normalized spacial score (nSPS) is 19.2. The van der Waals surface area contributed by atoms with E-state index in [1.165, 1.54) is 0 Å². The second-order valence-corrected chi connectivity index (χ2v) is 9.38. The van der Waals surface area contributed by atoms with E-state index in [0.717, 1.165) is 12.2 Å². The van der Waals surface area contributed by atoms with Gasteiger partial charge in [-0.15, -0.1) is 0 Å². The minimum atomic E-state index is -1.16. The molecule has 0 bridgehead atoms. The van der Waals surface area contributed by atoms with Gasteiger partial charge in [0.1, 0.15) is 0 Å². The van der Waals surface area contributed by atoms with E-state index in [0.29, 0.717) is 32.1 Å². The number of carbonyl (C=O) groups is 7. The Kier molecular flexibility index (Phi) is 18.6. The van der Waals surface area contributed by atoms with Crippen molar-refractivity contribution in [3.63, 3.8) is 0 Å². The molecule has 1 saturated heterocycles. The molecular weight excluding hydrogens is 572 g/mol. The fraction of sp³-hybridized carbons (Fsp3) is 0.621.